The predicted octanol–water partition coefficient (Wildman–Crippen LogP) is 21.7. The van der Waals surface area contributed by atoms with Crippen LogP contribution in [0.4, 0.5) is 68.6 Å². The van der Waals surface area contributed by atoms with Crippen LogP contribution >= 0.6 is 0 Å². The summed E-state index contributed by atoms with van der Waals surface area (Å²) in [5.74, 6) is 2.17. The Labute approximate surface area is 574 Å². The van der Waals surface area contributed by atoms with Crippen LogP contribution in [0.15, 0.2) is 330 Å². The van der Waals surface area contributed by atoms with E-state index in [0.717, 1.165) is 85.2 Å². The summed E-state index contributed by atoms with van der Waals surface area (Å²) in [7, 11) is 0. The molecule has 0 spiro atoms. The molecule has 9 unspecified atom stereocenters. The van der Waals surface area contributed by atoms with Gasteiger partial charge in [0, 0.05) is 85.8 Å². The summed E-state index contributed by atoms with van der Waals surface area (Å²) in [6, 6.07) is 100. The quantitative estimate of drug-likeness (QED) is 0.105. The number of para-hydroxylation sites is 8. The molecule has 9 nitrogen and oxygen atoms in total. The highest BCUT2D eigenvalue weighted by Crippen LogP contribution is 2.73. The Bertz CT molecular complexity index is 5130. The van der Waals surface area contributed by atoms with Crippen LogP contribution in [0, 0.1) is 16.7 Å². The van der Waals surface area contributed by atoms with E-state index >= 15 is 0 Å². The van der Waals surface area contributed by atoms with Gasteiger partial charge in [0.2, 0.25) is 0 Å². The first kappa shape index (κ1) is 59.0. The lowest BCUT2D eigenvalue weighted by atomic mass is 9.45. The van der Waals surface area contributed by atoms with Crippen molar-refractivity contribution in [1.82, 2.24) is 15.0 Å². The molecule has 0 saturated carbocycles. The molecule has 10 aromatic carbocycles. The molecule has 8 heterocycles. The molecule has 0 fully saturated rings. The number of anilines is 12. The molecule has 0 N–H and O–H groups in total. The first-order chi connectivity index (χ1) is 48.2. The van der Waals surface area contributed by atoms with E-state index in [9.17, 15) is 0 Å². The maximum atomic E-state index is 5.52. The largest absolute Gasteiger partial charge is 0.318 e. The molecule has 0 saturated heterocycles. The summed E-state index contributed by atoms with van der Waals surface area (Å²) < 4.78 is 0. The zero-order valence-electron chi connectivity index (χ0n) is 55.4. The summed E-state index contributed by atoms with van der Waals surface area (Å²) in [6.45, 7) is 23.1. The van der Waals surface area contributed by atoms with E-state index in [-0.39, 0.29) is 24.2 Å². The van der Waals surface area contributed by atoms with Crippen molar-refractivity contribution in [1.29, 1.82) is 0 Å². The summed E-state index contributed by atoms with van der Waals surface area (Å²) in [5.41, 5.74) is 17.2. The molecule has 0 bridgehead atoms. The average Bonchev–Trinajstić information content (AvgIpc) is 1.36. The minimum Gasteiger partial charge on any atom is -0.318 e. The highest BCUT2D eigenvalue weighted by Gasteiger charge is 2.70. The second kappa shape index (κ2) is 22.5. The van der Waals surface area contributed by atoms with Gasteiger partial charge in [0.25, 0.3) is 0 Å². The Morgan fingerprint density at radius 3 is 1.30 bits per heavy atom. The topological polar surface area (TPSA) is 58.1 Å². The lowest BCUT2D eigenvalue weighted by Crippen LogP contribution is -2.68. The van der Waals surface area contributed by atoms with E-state index in [1.165, 1.54) is 33.5 Å². The van der Waals surface area contributed by atoms with Gasteiger partial charge in [-0.3, -0.25) is 0 Å². The Morgan fingerprint density at radius 2 is 0.765 bits per heavy atom. The van der Waals surface area contributed by atoms with Crippen molar-refractivity contribution in [3.63, 3.8) is 0 Å². The Morgan fingerprint density at radius 1 is 0.357 bits per heavy atom. The van der Waals surface area contributed by atoms with Crippen molar-refractivity contribution in [2.45, 2.75) is 68.9 Å². The lowest BCUT2D eigenvalue weighted by Gasteiger charge is -2.65. The predicted molar refractivity (Wildman–Crippen MR) is 403 cm³/mol. The molecule has 18 rings (SSSR count). The van der Waals surface area contributed by atoms with E-state index in [2.05, 4.69) is 341 Å². The third kappa shape index (κ3) is 8.16. The Kier molecular flexibility index (Phi) is 13.6. The monoisotopic (exact) mass is 1270 g/mol. The molecule has 476 valence electrons. The fraction of sp³-hybridized carbons (Fsp3) is 0.157. The molecule has 6 aliphatic rings. The van der Waals surface area contributed by atoms with Crippen LogP contribution in [0.25, 0.3) is 33.4 Å². The zero-order chi connectivity index (χ0) is 66.1. The number of pyridine rings is 1. The third-order valence-corrected chi connectivity index (χ3v) is 23.3. The number of allylic oxidation sites excluding steroid dienone is 3. The molecular weight excluding hydrogens is 1200 g/mol. The molecule has 2 aromatic heterocycles. The summed E-state index contributed by atoms with van der Waals surface area (Å²) in [4.78, 5) is 32.1. The van der Waals surface area contributed by atoms with Crippen LogP contribution in [0.3, 0.4) is 0 Å². The fourth-order valence-corrected chi connectivity index (χ4v) is 19.3. The van der Waals surface area contributed by atoms with E-state index in [1.54, 1.807) is 0 Å². The van der Waals surface area contributed by atoms with Crippen molar-refractivity contribution in [2.75, 3.05) is 29.4 Å². The van der Waals surface area contributed by atoms with Crippen LogP contribution in [0.2, 0.25) is 0 Å². The van der Waals surface area contributed by atoms with Crippen LogP contribution in [0.5, 0.6) is 0 Å². The highest BCUT2D eigenvalue weighted by atomic mass is 15.5. The van der Waals surface area contributed by atoms with Crippen molar-refractivity contribution in [2.24, 2.45) is 16.7 Å². The van der Waals surface area contributed by atoms with Gasteiger partial charge in [-0.05, 0) is 107 Å². The number of fused-ring (bicyclic) bond motifs is 15. The van der Waals surface area contributed by atoms with Gasteiger partial charge in [-0.25, -0.2) is 15.0 Å². The first-order valence-corrected chi connectivity index (χ1v) is 34.4. The van der Waals surface area contributed by atoms with Crippen molar-refractivity contribution >= 4 is 68.6 Å². The Balaban J connectivity index is 0.929. The second-order valence-electron chi connectivity index (χ2n) is 27.9. The van der Waals surface area contributed by atoms with Gasteiger partial charge >= 0.3 is 0 Å². The number of benzene rings is 10. The van der Waals surface area contributed by atoms with Gasteiger partial charge in [-0.2, -0.15) is 0 Å². The molecule has 12 aromatic rings. The molecule has 98 heavy (non-hydrogen) atoms. The number of hydrogen-bond donors (Lipinski definition) is 0. The number of nitrogens with zero attached hydrogens (tertiary/aromatic N) is 9. The molecule has 9 heteroatoms. The molecule has 0 radical (unpaired) electrons. The second-order valence-corrected chi connectivity index (χ2v) is 27.9. The smallest absolute Gasteiger partial charge is 0.178 e. The van der Waals surface area contributed by atoms with E-state index in [1.807, 2.05) is 18.6 Å². The van der Waals surface area contributed by atoms with E-state index in [0.29, 0.717) is 12.8 Å². The fourth-order valence-electron chi connectivity index (χ4n) is 19.3. The SMILES string of the molecule is C=CC1c2ccccc2N2c3cccnc3N(c3ccccc3-c3ccccc3)C2C1(C)CC1(C=C)c2ccccc2N2c3nccnc3N(c3ccccc3-c3ccccc3)C2C1(C)CC1(C=C)c2ccccc2N2c3ccccc3N(c3ccccc3-c3ccccc3)C2C1C. The van der Waals surface area contributed by atoms with Gasteiger partial charge < -0.3 is 29.4 Å². The molecular formula is C89H75N9. The first-order valence-electron chi connectivity index (χ1n) is 34.4. The van der Waals surface area contributed by atoms with Gasteiger partial charge in [-0.1, -0.05) is 251 Å². The van der Waals surface area contributed by atoms with Crippen LogP contribution in [0.1, 0.15) is 56.2 Å². The van der Waals surface area contributed by atoms with Gasteiger partial charge in [-0.15, -0.1) is 19.7 Å². The van der Waals surface area contributed by atoms with Crippen molar-refractivity contribution in [3.8, 4) is 33.4 Å². The zero-order valence-corrected chi connectivity index (χ0v) is 55.4. The number of rotatable bonds is 13. The standard InChI is InChI=1S/C89H75N9/c1-7-68-67-43-22-28-49-74(67)95-79-54-33-55-90-80(79)96(72-47-26-20-41-65(72)62-36-15-11-16-37-62)84(95)86(68,5)58-89(9-3)70-45-24-30-51-76(70)98-82-81(91-56-57-92-82)97(73-48-27-21-42-66(73)63-38-17-12-18-39-63)85(98)87(89,6)59-88(8-2)60(4)83-93(71-46-25-19-40-64(71)61-34-13-10-14-35-61)77-52-31-32-53-78(77)94(83)75-50-29-23-44-69(75)88/h7-57,60,68,83-85H,1-3,58-59H2,4-6H3. The molecule has 6 aliphatic heterocycles. The summed E-state index contributed by atoms with van der Waals surface area (Å²) in [6.07, 6.45) is 12.8. The molecule has 0 aliphatic carbocycles. The molecule has 9 atom stereocenters. The maximum Gasteiger partial charge on any atom is 0.178 e. The summed E-state index contributed by atoms with van der Waals surface area (Å²) in [5, 5.41) is 0. The van der Waals surface area contributed by atoms with Crippen molar-refractivity contribution in [3.05, 3.63) is 346 Å². The van der Waals surface area contributed by atoms with Crippen LogP contribution in [-0.4, -0.2) is 33.4 Å². The van der Waals surface area contributed by atoms with Gasteiger partial charge in [0.15, 0.2) is 17.5 Å². The van der Waals surface area contributed by atoms with E-state index < -0.39 is 27.8 Å². The normalized spacial score (nSPS) is 24.2. The summed E-state index contributed by atoms with van der Waals surface area (Å²) >= 11 is 0. The molecule has 0 amide bonds. The van der Waals surface area contributed by atoms with Gasteiger partial charge in [0.1, 0.15) is 18.5 Å². The van der Waals surface area contributed by atoms with Crippen LogP contribution < -0.4 is 29.4 Å². The maximum absolute atomic E-state index is 5.52. The Hall–Kier alpha value is -11.6. The minimum atomic E-state index is -0.923. The highest BCUT2D eigenvalue weighted by molar-refractivity contribution is 5.97. The average molecular weight is 1270 g/mol. The van der Waals surface area contributed by atoms with Crippen molar-refractivity contribution < 1.29 is 0 Å². The van der Waals surface area contributed by atoms with Crippen LogP contribution in [-0.2, 0) is 10.8 Å². The third-order valence-electron chi connectivity index (χ3n) is 23.3. The minimum absolute atomic E-state index is 0.130. The number of aromatic nitrogens is 3. The number of hydrogen-bond acceptors (Lipinski definition) is 9. The van der Waals surface area contributed by atoms with Gasteiger partial charge in [0.05, 0.1) is 34.1 Å². The lowest BCUT2D eigenvalue weighted by molar-refractivity contribution is 0.0272. The van der Waals surface area contributed by atoms with E-state index in [4.69, 9.17) is 34.7 Å².